The van der Waals surface area contributed by atoms with Gasteiger partial charge in [-0.1, -0.05) is 0 Å². The van der Waals surface area contributed by atoms with Crippen molar-refractivity contribution in [2.45, 2.75) is 0 Å². The van der Waals surface area contributed by atoms with Crippen LogP contribution in [0.25, 0.3) is 0 Å². The quantitative estimate of drug-likeness (QED) is 0.436. The van der Waals surface area contributed by atoms with Gasteiger partial charge < -0.3 is 10.5 Å². The molecule has 1 aliphatic rings. The van der Waals surface area contributed by atoms with E-state index in [9.17, 15) is 5.21 Å². The molecule has 0 aromatic carbocycles. The Balaban J connectivity index is 2.56. The Kier molecular flexibility index (Phi) is 1.25. The fourth-order valence-corrected chi connectivity index (χ4v) is 1.03. The smallest absolute Gasteiger partial charge is 0.259 e. The molecule has 4 heteroatoms. The molecule has 2 rings (SSSR count). The first-order chi connectivity index (χ1) is 5.38. The van der Waals surface area contributed by atoms with E-state index >= 15 is 0 Å². The van der Waals surface area contributed by atoms with Crippen LogP contribution in [0.15, 0.2) is 18.3 Å². The van der Waals surface area contributed by atoms with Crippen LogP contribution in [-0.2, 0) is 0 Å². The van der Waals surface area contributed by atoms with Crippen molar-refractivity contribution in [2.75, 3.05) is 11.9 Å². The lowest BCUT2D eigenvalue weighted by Gasteiger charge is -2.12. The molecular weight excluding hydrogens is 142 g/mol. The second-order valence-corrected chi connectivity index (χ2v) is 2.26. The van der Waals surface area contributed by atoms with Gasteiger partial charge in [-0.2, -0.15) is 4.74 Å². The van der Waals surface area contributed by atoms with Gasteiger partial charge in [-0.15, -0.1) is 0 Å². The van der Waals surface area contributed by atoms with Gasteiger partial charge in [0.1, 0.15) is 0 Å². The lowest BCUT2D eigenvalue weighted by atomic mass is 10.3. The summed E-state index contributed by atoms with van der Waals surface area (Å²) in [7, 11) is 0. The molecule has 2 heterocycles. The Morgan fingerprint density at radius 1 is 1.64 bits per heavy atom. The van der Waals surface area contributed by atoms with Gasteiger partial charge in [-0.25, -0.2) is 4.98 Å². The van der Waals surface area contributed by atoms with Crippen molar-refractivity contribution in [1.82, 2.24) is 4.98 Å². The van der Waals surface area contributed by atoms with Gasteiger partial charge in [-0.05, 0) is 6.07 Å². The van der Waals surface area contributed by atoms with Crippen molar-refractivity contribution in [3.8, 4) is 0 Å². The topological polar surface area (TPSA) is 51.0 Å². The molecule has 1 aromatic heterocycles. The lowest BCUT2D eigenvalue weighted by Crippen LogP contribution is -2.16. The first-order valence-electron chi connectivity index (χ1n) is 3.36. The third kappa shape index (κ3) is 0.920. The van der Waals surface area contributed by atoms with Crippen LogP contribution >= 0.6 is 0 Å². The maximum absolute atomic E-state index is 11.1. The molecule has 11 heavy (non-hydrogen) atoms. The predicted octanol–water partition coefficient (Wildman–Crippen LogP) is 0.720. The van der Waals surface area contributed by atoms with Crippen LogP contribution in [-0.4, -0.2) is 22.5 Å². The summed E-state index contributed by atoms with van der Waals surface area (Å²) in [6, 6.07) is 3.47. The highest BCUT2D eigenvalue weighted by molar-refractivity contribution is 5.70. The highest BCUT2D eigenvalue weighted by Crippen LogP contribution is 2.21. The Morgan fingerprint density at radius 2 is 2.55 bits per heavy atom. The van der Waals surface area contributed by atoms with E-state index in [1.165, 1.54) is 6.21 Å². The van der Waals surface area contributed by atoms with Crippen LogP contribution in [0.2, 0.25) is 0 Å². The Morgan fingerprint density at radius 3 is 3.36 bits per heavy atom. The first-order valence-corrected chi connectivity index (χ1v) is 3.36. The summed E-state index contributed by atoms with van der Waals surface area (Å²) in [6.45, 7) is 0.549. The summed E-state index contributed by atoms with van der Waals surface area (Å²) in [5.74, 6) is 0.657. The van der Waals surface area contributed by atoms with Crippen molar-refractivity contribution in [2.24, 2.45) is 0 Å². The van der Waals surface area contributed by atoms with E-state index in [0.717, 1.165) is 4.74 Å². The molecule has 4 nitrogen and oxygen atoms in total. The molecular formula is C7H7N3O. The van der Waals surface area contributed by atoms with Crippen molar-refractivity contribution in [3.05, 3.63) is 23.5 Å². The molecule has 1 N–H and O–H groups in total. The van der Waals surface area contributed by atoms with E-state index in [2.05, 4.69) is 10.3 Å². The van der Waals surface area contributed by atoms with Gasteiger partial charge in [0.25, 0.3) is 5.69 Å². The van der Waals surface area contributed by atoms with Gasteiger partial charge in [-0.3, -0.25) is 0 Å². The number of anilines is 1. The molecule has 0 atom stereocenters. The number of aromatic nitrogens is 1. The minimum Gasteiger partial charge on any atom is -0.618 e. The number of nitrogens with zero attached hydrogens (tertiary/aromatic N) is 2. The van der Waals surface area contributed by atoms with Crippen LogP contribution in [0, 0.1) is 5.21 Å². The fraction of sp³-hybridized carbons (Fsp3) is 0.143. The van der Waals surface area contributed by atoms with E-state index in [1.807, 2.05) is 0 Å². The first kappa shape index (κ1) is 6.15. The molecule has 0 aliphatic carbocycles. The highest BCUT2D eigenvalue weighted by Gasteiger charge is 2.13. The van der Waals surface area contributed by atoms with Crippen LogP contribution in [0.4, 0.5) is 11.5 Å². The largest absolute Gasteiger partial charge is 0.618 e. The summed E-state index contributed by atoms with van der Waals surface area (Å²) in [5, 5.41) is 14.1. The molecule has 1 aromatic rings. The van der Waals surface area contributed by atoms with Gasteiger partial charge in [0.15, 0.2) is 6.21 Å². The minimum atomic E-state index is 0.549. The van der Waals surface area contributed by atoms with E-state index in [-0.39, 0.29) is 0 Å². The van der Waals surface area contributed by atoms with Gasteiger partial charge in [0.2, 0.25) is 5.82 Å². The number of pyridine rings is 1. The third-order valence-electron chi connectivity index (χ3n) is 1.55. The second-order valence-electron chi connectivity index (χ2n) is 2.26. The Hall–Kier alpha value is -1.58. The lowest BCUT2D eigenvalue weighted by molar-refractivity contribution is -0.356. The molecule has 0 bridgehead atoms. The minimum absolute atomic E-state index is 0.549. The summed E-state index contributed by atoms with van der Waals surface area (Å²) < 4.78 is 0.832. The zero-order valence-corrected chi connectivity index (χ0v) is 5.82. The van der Waals surface area contributed by atoms with E-state index in [4.69, 9.17) is 0 Å². The number of rotatable bonds is 0. The average Bonchev–Trinajstić information content (AvgIpc) is 2.06. The molecule has 56 valence electrons. The van der Waals surface area contributed by atoms with Crippen LogP contribution < -0.4 is 5.32 Å². The summed E-state index contributed by atoms with van der Waals surface area (Å²) >= 11 is 0. The van der Waals surface area contributed by atoms with Gasteiger partial charge in [0.05, 0.1) is 6.54 Å². The molecule has 0 fully saturated rings. The zero-order chi connectivity index (χ0) is 7.68. The number of hydrogen-bond acceptors (Lipinski definition) is 3. The van der Waals surface area contributed by atoms with Crippen molar-refractivity contribution >= 4 is 17.7 Å². The van der Waals surface area contributed by atoms with Crippen molar-refractivity contribution in [3.63, 3.8) is 0 Å². The molecule has 0 radical (unpaired) electrons. The maximum Gasteiger partial charge on any atom is 0.259 e. The fourth-order valence-electron chi connectivity index (χ4n) is 1.03. The van der Waals surface area contributed by atoms with Gasteiger partial charge >= 0.3 is 0 Å². The van der Waals surface area contributed by atoms with Crippen molar-refractivity contribution < 1.29 is 4.74 Å². The van der Waals surface area contributed by atoms with Crippen LogP contribution in [0.5, 0.6) is 0 Å². The van der Waals surface area contributed by atoms with E-state index in [0.29, 0.717) is 18.1 Å². The average molecular weight is 149 g/mol. The highest BCUT2D eigenvalue weighted by atomic mass is 16.5. The van der Waals surface area contributed by atoms with Crippen LogP contribution in [0.1, 0.15) is 0 Å². The van der Waals surface area contributed by atoms with Crippen molar-refractivity contribution in [1.29, 1.82) is 0 Å². The normalized spacial score (nSPS) is 14.7. The Bertz CT molecular complexity index is 308. The number of hydrogen-bond donors (Lipinski definition) is 1. The van der Waals surface area contributed by atoms with E-state index in [1.54, 1.807) is 18.3 Å². The molecule has 0 saturated carbocycles. The number of fused-ring (bicyclic) bond motifs is 1. The molecule has 0 unspecified atom stereocenters. The van der Waals surface area contributed by atoms with E-state index < -0.39 is 0 Å². The molecule has 0 saturated heterocycles. The predicted molar refractivity (Wildman–Crippen MR) is 42.1 cm³/mol. The summed E-state index contributed by atoms with van der Waals surface area (Å²) in [6.07, 6.45) is 3.19. The SMILES string of the molecule is [O-][N+]1=CCNc2ncccc21. The summed E-state index contributed by atoms with van der Waals surface area (Å²) in [5.41, 5.74) is 0.582. The molecule has 0 spiro atoms. The Labute approximate surface area is 63.8 Å². The second kappa shape index (κ2) is 2.23. The monoisotopic (exact) mass is 149 g/mol. The zero-order valence-electron chi connectivity index (χ0n) is 5.82. The van der Waals surface area contributed by atoms with Gasteiger partial charge in [0, 0.05) is 12.3 Å². The molecule has 1 aliphatic heterocycles. The number of nitrogens with one attached hydrogen (secondary N) is 1. The maximum atomic E-state index is 11.1. The standard InChI is InChI=1S/C7H7N3O/c11-10-5-4-9-7-6(10)2-1-3-8-7/h1-3,5H,4H2,(H,8,9). The third-order valence-corrected chi connectivity index (χ3v) is 1.55. The summed E-state index contributed by atoms with van der Waals surface area (Å²) in [4.78, 5) is 4.00. The molecule has 0 amide bonds. The van der Waals surface area contributed by atoms with Crippen LogP contribution in [0.3, 0.4) is 0 Å².